The zero-order valence-electron chi connectivity index (χ0n) is 18.1. The Kier molecular flexibility index (Phi) is 4.50. The van der Waals surface area contributed by atoms with Gasteiger partial charge in [-0.2, -0.15) is 5.10 Å². The predicted molar refractivity (Wildman–Crippen MR) is 125 cm³/mol. The van der Waals surface area contributed by atoms with E-state index in [0.29, 0.717) is 16.5 Å². The Labute approximate surface area is 179 Å². The van der Waals surface area contributed by atoms with Gasteiger partial charge in [-0.05, 0) is 57.5 Å². The van der Waals surface area contributed by atoms with Crippen LogP contribution in [0.15, 0.2) is 57.7 Å². The van der Waals surface area contributed by atoms with Crippen molar-refractivity contribution < 1.29 is 4.42 Å². The van der Waals surface area contributed by atoms with Crippen LogP contribution in [0.1, 0.15) is 25.1 Å². The van der Waals surface area contributed by atoms with Gasteiger partial charge in [-0.1, -0.05) is 18.2 Å². The first kappa shape index (κ1) is 19.3. The third-order valence-corrected chi connectivity index (χ3v) is 6.00. The van der Waals surface area contributed by atoms with E-state index in [1.165, 1.54) is 0 Å². The van der Waals surface area contributed by atoms with Crippen molar-refractivity contribution in [2.45, 2.75) is 27.7 Å². The molecule has 5 aromatic rings. The van der Waals surface area contributed by atoms with Crippen molar-refractivity contribution in [2.24, 2.45) is 0 Å². The van der Waals surface area contributed by atoms with Crippen LogP contribution in [0.4, 0.5) is 5.69 Å². The summed E-state index contributed by atoms with van der Waals surface area (Å²) in [6, 6.07) is 15.9. The molecule has 0 fully saturated rings. The number of benzene rings is 2. The quantitative estimate of drug-likeness (QED) is 0.302. The largest absolute Gasteiger partial charge is 0.422 e. The maximum Gasteiger partial charge on any atom is 0.346 e. The molecule has 0 aliphatic carbocycles. The molecule has 0 saturated heterocycles. The second kappa shape index (κ2) is 7.23. The van der Waals surface area contributed by atoms with Crippen LogP contribution in [0.5, 0.6) is 0 Å². The highest BCUT2D eigenvalue weighted by molar-refractivity contribution is 6.08. The van der Waals surface area contributed by atoms with Crippen LogP contribution in [0, 0.1) is 13.8 Å². The van der Waals surface area contributed by atoms with Crippen LogP contribution >= 0.6 is 0 Å². The average Bonchev–Trinajstić information content (AvgIpc) is 3.11. The van der Waals surface area contributed by atoms with E-state index in [9.17, 15) is 4.79 Å². The molecule has 3 heterocycles. The standard InChI is InChI=1S/C25H24N4O2/c1-5-28(6-2)18-12-13-19-20(14-18)31-25(30)22-15(3)21-16(4)27-29(24(21)26-23(19)22)17-10-8-7-9-11-17/h7-14H,5-6H2,1-4H3. The Balaban J connectivity index is 1.88. The van der Waals surface area contributed by atoms with Gasteiger partial charge in [-0.25, -0.2) is 14.5 Å². The topological polar surface area (TPSA) is 64.2 Å². The lowest BCUT2D eigenvalue weighted by Crippen LogP contribution is -2.21. The first-order valence-electron chi connectivity index (χ1n) is 10.6. The van der Waals surface area contributed by atoms with Crippen LogP contribution in [0.2, 0.25) is 0 Å². The van der Waals surface area contributed by atoms with Crippen LogP contribution in [0.3, 0.4) is 0 Å². The number of rotatable bonds is 4. The number of para-hydroxylation sites is 1. The Morgan fingerprint density at radius 1 is 1.00 bits per heavy atom. The molecule has 3 aromatic heterocycles. The number of pyridine rings is 1. The normalized spacial score (nSPS) is 11.6. The summed E-state index contributed by atoms with van der Waals surface area (Å²) in [7, 11) is 0. The first-order chi connectivity index (χ1) is 15.0. The Morgan fingerprint density at radius 3 is 2.45 bits per heavy atom. The first-order valence-corrected chi connectivity index (χ1v) is 10.6. The molecule has 6 nitrogen and oxygen atoms in total. The molecule has 6 heteroatoms. The molecule has 156 valence electrons. The molecule has 31 heavy (non-hydrogen) atoms. The highest BCUT2D eigenvalue weighted by Gasteiger charge is 2.20. The van der Waals surface area contributed by atoms with Crippen molar-refractivity contribution in [3.63, 3.8) is 0 Å². The molecule has 0 radical (unpaired) electrons. The Bertz CT molecular complexity index is 1500. The Hall–Kier alpha value is -3.67. The summed E-state index contributed by atoms with van der Waals surface area (Å²) in [4.78, 5) is 20.2. The van der Waals surface area contributed by atoms with E-state index in [2.05, 4.69) is 24.8 Å². The van der Waals surface area contributed by atoms with Gasteiger partial charge in [0, 0.05) is 35.6 Å². The molecule has 5 rings (SSSR count). The molecular formula is C25H24N4O2. The third-order valence-electron chi connectivity index (χ3n) is 6.00. The molecule has 0 bridgehead atoms. The lowest BCUT2D eigenvalue weighted by molar-refractivity contribution is 0.569. The lowest BCUT2D eigenvalue weighted by atomic mass is 10.0. The van der Waals surface area contributed by atoms with Crippen LogP contribution in [-0.2, 0) is 0 Å². The zero-order chi connectivity index (χ0) is 21.7. The molecule has 0 spiro atoms. The van der Waals surface area contributed by atoms with Crippen molar-refractivity contribution in [3.8, 4) is 5.69 Å². The van der Waals surface area contributed by atoms with E-state index >= 15 is 0 Å². The number of hydrogen-bond acceptors (Lipinski definition) is 5. The monoisotopic (exact) mass is 412 g/mol. The summed E-state index contributed by atoms with van der Waals surface area (Å²) < 4.78 is 7.62. The van der Waals surface area contributed by atoms with E-state index in [1.807, 2.05) is 61.0 Å². The van der Waals surface area contributed by atoms with E-state index in [4.69, 9.17) is 14.5 Å². The predicted octanol–water partition coefficient (Wildman–Crippen LogP) is 5.14. The van der Waals surface area contributed by atoms with Gasteiger partial charge in [-0.3, -0.25) is 0 Å². The molecule has 0 N–H and O–H groups in total. The van der Waals surface area contributed by atoms with E-state index in [-0.39, 0.29) is 5.63 Å². The van der Waals surface area contributed by atoms with E-state index in [1.54, 1.807) is 0 Å². The summed E-state index contributed by atoms with van der Waals surface area (Å²) in [6.07, 6.45) is 0. The summed E-state index contributed by atoms with van der Waals surface area (Å²) in [5.41, 5.74) is 5.23. The summed E-state index contributed by atoms with van der Waals surface area (Å²) in [5.74, 6) is 0. The fraction of sp³-hybridized carbons (Fsp3) is 0.240. The second-order valence-corrected chi connectivity index (χ2v) is 7.73. The molecule has 0 amide bonds. The number of aromatic nitrogens is 3. The highest BCUT2D eigenvalue weighted by atomic mass is 16.4. The van der Waals surface area contributed by atoms with Crippen molar-refractivity contribution in [1.82, 2.24) is 14.8 Å². The maximum atomic E-state index is 13.0. The molecule has 0 aliphatic rings. The van der Waals surface area contributed by atoms with Gasteiger partial charge in [0.1, 0.15) is 5.58 Å². The van der Waals surface area contributed by atoms with Crippen molar-refractivity contribution in [1.29, 1.82) is 0 Å². The number of anilines is 1. The third kappa shape index (κ3) is 2.90. The van der Waals surface area contributed by atoms with Crippen LogP contribution in [0.25, 0.3) is 38.6 Å². The molecule has 2 aromatic carbocycles. The Morgan fingerprint density at radius 2 is 1.74 bits per heavy atom. The van der Waals surface area contributed by atoms with Crippen LogP contribution in [-0.4, -0.2) is 27.9 Å². The van der Waals surface area contributed by atoms with Crippen molar-refractivity contribution >= 4 is 38.6 Å². The van der Waals surface area contributed by atoms with Gasteiger partial charge in [0.2, 0.25) is 0 Å². The molecule has 0 atom stereocenters. The van der Waals surface area contributed by atoms with Gasteiger partial charge >= 0.3 is 5.63 Å². The van der Waals surface area contributed by atoms with Crippen molar-refractivity contribution in [3.05, 3.63) is 70.2 Å². The maximum absolute atomic E-state index is 13.0. The highest BCUT2D eigenvalue weighted by Crippen LogP contribution is 2.32. The molecule has 0 saturated carbocycles. The number of hydrogen-bond donors (Lipinski definition) is 0. The fourth-order valence-electron chi connectivity index (χ4n) is 4.44. The second-order valence-electron chi connectivity index (χ2n) is 7.73. The minimum Gasteiger partial charge on any atom is -0.422 e. The van der Waals surface area contributed by atoms with Gasteiger partial charge in [0.15, 0.2) is 5.65 Å². The van der Waals surface area contributed by atoms with E-state index in [0.717, 1.165) is 52.1 Å². The van der Waals surface area contributed by atoms with Gasteiger partial charge in [0.05, 0.1) is 22.3 Å². The van der Waals surface area contributed by atoms with Gasteiger partial charge < -0.3 is 9.32 Å². The molecule has 0 aliphatic heterocycles. The van der Waals surface area contributed by atoms with Crippen LogP contribution < -0.4 is 10.5 Å². The van der Waals surface area contributed by atoms with Gasteiger partial charge in [-0.15, -0.1) is 0 Å². The number of aryl methyl sites for hydroxylation is 2. The summed E-state index contributed by atoms with van der Waals surface area (Å²) in [6.45, 7) is 9.88. The molecular weight excluding hydrogens is 388 g/mol. The number of fused-ring (bicyclic) bond motifs is 4. The molecule has 0 unspecified atom stereocenters. The minimum absolute atomic E-state index is 0.363. The lowest BCUT2D eigenvalue weighted by Gasteiger charge is -2.21. The fourth-order valence-corrected chi connectivity index (χ4v) is 4.44. The zero-order valence-corrected chi connectivity index (χ0v) is 18.1. The summed E-state index contributed by atoms with van der Waals surface area (Å²) in [5, 5.41) is 6.97. The van der Waals surface area contributed by atoms with Crippen molar-refractivity contribution in [2.75, 3.05) is 18.0 Å². The smallest absolute Gasteiger partial charge is 0.346 e. The SMILES string of the molecule is CCN(CC)c1ccc2c(c1)oc(=O)c1c(C)c3c(C)nn(-c4ccccc4)c3nc12. The minimum atomic E-state index is -0.363. The van der Waals surface area contributed by atoms with E-state index < -0.39 is 0 Å². The number of nitrogens with zero attached hydrogens (tertiary/aromatic N) is 4. The average molecular weight is 412 g/mol. The summed E-state index contributed by atoms with van der Waals surface area (Å²) >= 11 is 0. The van der Waals surface area contributed by atoms with Gasteiger partial charge in [0.25, 0.3) is 0 Å².